The number of carbonyl (C=O) groups is 1. The standard InChI is InChI=1S/C16H20O2S2/c1-2-13-16(20-10-9-19-13)14(17)12-7-3-5-11-6-4-8-18-15(11)12/h3,5,7,13,16H,2,4,6,8-10H2,1H3. The van der Waals surface area contributed by atoms with Gasteiger partial charge in [-0.3, -0.25) is 4.79 Å². The molecule has 0 N–H and O–H groups in total. The molecule has 4 heteroatoms. The number of aryl methyl sites for hydroxylation is 1. The molecule has 1 fully saturated rings. The number of para-hydroxylation sites is 1. The first kappa shape index (κ1) is 14.3. The SMILES string of the molecule is CCC1SCCSC1C(=O)c1cccc2c1OCCC2. The summed E-state index contributed by atoms with van der Waals surface area (Å²) in [5, 5.41) is 0.538. The maximum Gasteiger partial charge on any atom is 0.180 e. The molecule has 2 atom stereocenters. The molecule has 3 rings (SSSR count). The Balaban J connectivity index is 1.90. The van der Waals surface area contributed by atoms with Crippen LogP contribution in [-0.2, 0) is 6.42 Å². The number of hydrogen-bond donors (Lipinski definition) is 0. The Bertz CT molecular complexity index is 501. The number of ketones is 1. The molecule has 20 heavy (non-hydrogen) atoms. The molecule has 0 aliphatic carbocycles. The quantitative estimate of drug-likeness (QED) is 0.793. The van der Waals surface area contributed by atoms with Gasteiger partial charge in [-0.25, -0.2) is 0 Å². The van der Waals surface area contributed by atoms with Gasteiger partial charge in [0.05, 0.1) is 17.4 Å². The van der Waals surface area contributed by atoms with E-state index in [2.05, 4.69) is 13.0 Å². The summed E-state index contributed by atoms with van der Waals surface area (Å²) in [5.41, 5.74) is 2.00. The molecule has 1 saturated heterocycles. The van der Waals surface area contributed by atoms with Crippen LogP contribution in [0.15, 0.2) is 18.2 Å². The molecule has 0 bridgehead atoms. The van der Waals surface area contributed by atoms with Crippen LogP contribution in [0.5, 0.6) is 5.75 Å². The lowest BCUT2D eigenvalue weighted by Gasteiger charge is -2.30. The van der Waals surface area contributed by atoms with Crippen molar-refractivity contribution in [3.63, 3.8) is 0 Å². The van der Waals surface area contributed by atoms with Gasteiger partial charge in [0.25, 0.3) is 0 Å². The Kier molecular flexibility index (Phi) is 4.61. The van der Waals surface area contributed by atoms with E-state index in [1.165, 1.54) is 5.56 Å². The normalized spacial score (nSPS) is 25.6. The lowest BCUT2D eigenvalue weighted by atomic mass is 9.97. The van der Waals surface area contributed by atoms with E-state index in [0.717, 1.165) is 48.7 Å². The second kappa shape index (κ2) is 6.44. The van der Waals surface area contributed by atoms with Crippen molar-refractivity contribution < 1.29 is 9.53 Å². The minimum atomic E-state index is 0.0933. The smallest absolute Gasteiger partial charge is 0.180 e. The lowest BCUT2D eigenvalue weighted by Crippen LogP contribution is -2.33. The van der Waals surface area contributed by atoms with Gasteiger partial charge in [-0.2, -0.15) is 11.8 Å². The maximum atomic E-state index is 12.9. The molecule has 1 aromatic rings. The van der Waals surface area contributed by atoms with E-state index in [9.17, 15) is 4.79 Å². The van der Waals surface area contributed by atoms with Crippen LogP contribution in [0.3, 0.4) is 0 Å². The molecule has 1 aromatic carbocycles. The Morgan fingerprint density at radius 1 is 1.35 bits per heavy atom. The summed E-state index contributed by atoms with van der Waals surface area (Å²) >= 11 is 3.77. The topological polar surface area (TPSA) is 26.3 Å². The first-order valence-electron chi connectivity index (χ1n) is 7.33. The summed E-state index contributed by atoms with van der Waals surface area (Å²) < 4.78 is 5.80. The third kappa shape index (κ3) is 2.73. The van der Waals surface area contributed by atoms with E-state index in [-0.39, 0.29) is 11.0 Å². The summed E-state index contributed by atoms with van der Waals surface area (Å²) in [6, 6.07) is 6.03. The first-order valence-corrected chi connectivity index (χ1v) is 9.43. The van der Waals surface area contributed by atoms with Crippen molar-refractivity contribution in [3.05, 3.63) is 29.3 Å². The Morgan fingerprint density at radius 3 is 3.05 bits per heavy atom. The highest BCUT2D eigenvalue weighted by Crippen LogP contribution is 2.38. The molecule has 0 radical (unpaired) electrons. The molecule has 2 unspecified atom stereocenters. The summed E-state index contributed by atoms with van der Waals surface area (Å²) in [5.74, 6) is 3.37. The molecule has 0 saturated carbocycles. The molecule has 0 aromatic heterocycles. The average molecular weight is 308 g/mol. The van der Waals surface area contributed by atoms with Crippen molar-refractivity contribution in [1.82, 2.24) is 0 Å². The van der Waals surface area contributed by atoms with Crippen molar-refractivity contribution in [1.29, 1.82) is 0 Å². The minimum Gasteiger partial charge on any atom is -0.493 e. The number of thioether (sulfide) groups is 2. The van der Waals surface area contributed by atoms with Crippen LogP contribution in [-0.4, -0.2) is 34.4 Å². The van der Waals surface area contributed by atoms with Crippen LogP contribution in [0.1, 0.15) is 35.7 Å². The molecule has 0 spiro atoms. The van der Waals surface area contributed by atoms with Crippen molar-refractivity contribution >= 4 is 29.3 Å². The van der Waals surface area contributed by atoms with Gasteiger partial charge in [0.1, 0.15) is 5.75 Å². The van der Waals surface area contributed by atoms with Gasteiger partial charge >= 0.3 is 0 Å². The van der Waals surface area contributed by atoms with Crippen LogP contribution in [0, 0.1) is 0 Å². The highest BCUT2D eigenvalue weighted by atomic mass is 32.2. The number of Topliss-reactive ketones (excluding diaryl/α,β-unsaturated/α-hetero) is 1. The van der Waals surface area contributed by atoms with E-state index in [1.54, 1.807) is 0 Å². The Hall–Kier alpha value is -0.610. The van der Waals surface area contributed by atoms with E-state index >= 15 is 0 Å². The summed E-state index contributed by atoms with van der Waals surface area (Å²) in [4.78, 5) is 12.9. The monoisotopic (exact) mass is 308 g/mol. The van der Waals surface area contributed by atoms with Gasteiger partial charge in [0, 0.05) is 16.8 Å². The fraction of sp³-hybridized carbons (Fsp3) is 0.562. The van der Waals surface area contributed by atoms with Gasteiger partial charge in [0.15, 0.2) is 5.78 Å². The van der Waals surface area contributed by atoms with E-state index in [1.807, 2.05) is 35.7 Å². The third-order valence-electron chi connectivity index (χ3n) is 3.91. The molecular formula is C16H20O2S2. The minimum absolute atomic E-state index is 0.0933. The molecule has 2 aliphatic rings. The molecule has 2 nitrogen and oxygen atoms in total. The number of rotatable bonds is 3. The number of ether oxygens (including phenoxy) is 1. The summed E-state index contributed by atoms with van der Waals surface area (Å²) in [6.07, 6.45) is 3.14. The van der Waals surface area contributed by atoms with Gasteiger partial charge in [-0.05, 0) is 30.9 Å². The number of hydrogen-bond acceptors (Lipinski definition) is 4. The average Bonchev–Trinajstić information content (AvgIpc) is 2.53. The fourth-order valence-electron chi connectivity index (χ4n) is 2.88. The van der Waals surface area contributed by atoms with Crippen LogP contribution in [0.25, 0.3) is 0 Å². The maximum absolute atomic E-state index is 12.9. The third-order valence-corrected chi connectivity index (χ3v) is 7.16. The zero-order valence-electron chi connectivity index (χ0n) is 11.8. The van der Waals surface area contributed by atoms with Gasteiger partial charge in [0.2, 0.25) is 0 Å². The van der Waals surface area contributed by atoms with E-state index in [4.69, 9.17) is 4.74 Å². The Morgan fingerprint density at radius 2 is 2.20 bits per heavy atom. The zero-order chi connectivity index (χ0) is 13.9. The Labute approximate surface area is 129 Å². The zero-order valence-corrected chi connectivity index (χ0v) is 13.4. The van der Waals surface area contributed by atoms with Crippen molar-refractivity contribution in [2.45, 2.75) is 36.7 Å². The lowest BCUT2D eigenvalue weighted by molar-refractivity contribution is 0.0983. The fourth-order valence-corrected chi connectivity index (χ4v) is 5.90. The predicted molar refractivity (Wildman–Crippen MR) is 87.4 cm³/mol. The largest absolute Gasteiger partial charge is 0.493 e. The summed E-state index contributed by atoms with van der Waals surface area (Å²) in [6.45, 7) is 2.92. The molecule has 2 heterocycles. The molecule has 108 valence electrons. The number of carbonyl (C=O) groups excluding carboxylic acids is 1. The van der Waals surface area contributed by atoms with Gasteiger partial charge in [-0.1, -0.05) is 19.1 Å². The van der Waals surface area contributed by atoms with Gasteiger partial charge < -0.3 is 4.74 Å². The summed E-state index contributed by atoms with van der Waals surface area (Å²) in [7, 11) is 0. The highest BCUT2D eigenvalue weighted by molar-refractivity contribution is 8.07. The van der Waals surface area contributed by atoms with Gasteiger partial charge in [-0.15, -0.1) is 11.8 Å². The molecule has 2 aliphatic heterocycles. The highest BCUT2D eigenvalue weighted by Gasteiger charge is 2.33. The number of fused-ring (bicyclic) bond motifs is 1. The molecular weight excluding hydrogens is 288 g/mol. The van der Waals surface area contributed by atoms with Crippen LogP contribution in [0.2, 0.25) is 0 Å². The van der Waals surface area contributed by atoms with Crippen LogP contribution < -0.4 is 4.74 Å². The second-order valence-electron chi connectivity index (χ2n) is 5.22. The first-order chi connectivity index (χ1) is 9.81. The van der Waals surface area contributed by atoms with E-state index < -0.39 is 0 Å². The van der Waals surface area contributed by atoms with E-state index in [0.29, 0.717) is 5.25 Å². The number of benzene rings is 1. The van der Waals surface area contributed by atoms with Crippen molar-refractivity contribution in [2.24, 2.45) is 0 Å². The van der Waals surface area contributed by atoms with Crippen LogP contribution >= 0.6 is 23.5 Å². The predicted octanol–water partition coefficient (Wildman–Crippen LogP) is 3.82. The van der Waals surface area contributed by atoms with Crippen molar-refractivity contribution in [2.75, 3.05) is 18.1 Å². The second-order valence-corrected chi connectivity index (χ2v) is 7.82. The van der Waals surface area contributed by atoms with Crippen molar-refractivity contribution in [3.8, 4) is 5.75 Å². The molecule has 0 amide bonds. The van der Waals surface area contributed by atoms with Crippen LogP contribution in [0.4, 0.5) is 0 Å².